The molecule has 4 bridgehead atoms. The maximum Gasteiger partial charge on any atom is 0.156 e. The van der Waals surface area contributed by atoms with Gasteiger partial charge < -0.3 is 0 Å². The van der Waals surface area contributed by atoms with Crippen molar-refractivity contribution in [3.05, 3.63) is 174 Å². The molecule has 2 aromatic heterocycles. The summed E-state index contributed by atoms with van der Waals surface area (Å²) in [5.41, 5.74) is 16.0. The first kappa shape index (κ1) is 23.2. The summed E-state index contributed by atoms with van der Waals surface area (Å²) in [7, 11) is 0. The topological polar surface area (TPSA) is 51.6 Å². The minimum Gasteiger partial charge on any atom is -0.147 e. The Morgan fingerprint density at radius 2 is 0.571 bits per heavy atom. The molecular formula is C36H20Cl2N4. The van der Waals surface area contributed by atoms with Gasteiger partial charge in [0.1, 0.15) is 11.4 Å². The lowest BCUT2D eigenvalue weighted by Gasteiger charge is -2.44. The highest BCUT2D eigenvalue weighted by Crippen LogP contribution is 2.61. The lowest BCUT2D eigenvalue weighted by atomic mass is 9.59. The van der Waals surface area contributed by atoms with Crippen molar-refractivity contribution in [2.45, 2.75) is 23.7 Å². The molecule has 6 heteroatoms. The molecule has 0 aliphatic heterocycles. The third kappa shape index (κ3) is 2.71. The number of rotatable bonds is 1. The predicted molar refractivity (Wildman–Crippen MR) is 163 cm³/mol. The molecule has 0 fully saturated rings. The van der Waals surface area contributed by atoms with E-state index in [0.29, 0.717) is 10.3 Å². The SMILES string of the molecule is Clc1nnc(-c2nnc(Cl)c3c2C2c4ccccc4C3c3ccccc32)c2c1C1c3ccccc3C2c2ccccc21. The van der Waals surface area contributed by atoms with Crippen molar-refractivity contribution in [2.24, 2.45) is 0 Å². The van der Waals surface area contributed by atoms with Crippen LogP contribution in [0.2, 0.25) is 10.3 Å². The summed E-state index contributed by atoms with van der Waals surface area (Å²) in [5, 5.41) is 19.7. The van der Waals surface area contributed by atoms with E-state index in [1.165, 1.54) is 44.5 Å². The van der Waals surface area contributed by atoms with E-state index in [9.17, 15) is 0 Å². The quantitative estimate of drug-likeness (QED) is 0.197. The maximum atomic E-state index is 6.96. The summed E-state index contributed by atoms with van der Waals surface area (Å²) < 4.78 is 0. The fraction of sp³-hybridized carbons (Fsp3) is 0.111. The molecule has 2 heterocycles. The standard InChI is InChI=1S/C36H20Cl2N4/c37-35-31-27-21-13-5-1-9-17(21)25(18-10-2-6-14-22(18)27)29(31)33(39-41-35)34-30-26-19-11-3-7-15-23(19)28(32(30)36(38)42-40-34)24-16-8-4-12-20(24)26/h1-16,25-28H. The molecule has 6 aliphatic carbocycles. The van der Waals surface area contributed by atoms with Crippen molar-refractivity contribution in [3.8, 4) is 11.4 Å². The molecule has 0 N–H and O–H groups in total. The normalized spacial score (nSPS) is 21.1. The Labute approximate surface area is 252 Å². The van der Waals surface area contributed by atoms with Gasteiger partial charge in [0, 0.05) is 45.9 Å². The largest absolute Gasteiger partial charge is 0.156 e. The third-order valence-corrected chi connectivity index (χ3v) is 10.4. The second-order valence-corrected chi connectivity index (χ2v) is 12.3. The smallest absolute Gasteiger partial charge is 0.147 e. The van der Waals surface area contributed by atoms with Crippen LogP contribution in [0.25, 0.3) is 11.4 Å². The van der Waals surface area contributed by atoms with Gasteiger partial charge in [0.05, 0.1) is 0 Å². The lowest BCUT2D eigenvalue weighted by molar-refractivity contribution is 0.721. The Morgan fingerprint density at radius 3 is 0.833 bits per heavy atom. The molecule has 198 valence electrons. The van der Waals surface area contributed by atoms with Crippen molar-refractivity contribution >= 4 is 23.2 Å². The van der Waals surface area contributed by atoms with Crippen molar-refractivity contribution in [3.63, 3.8) is 0 Å². The number of benzene rings is 4. The number of hydrogen-bond acceptors (Lipinski definition) is 4. The van der Waals surface area contributed by atoms with Crippen LogP contribution < -0.4 is 0 Å². The minimum absolute atomic E-state index is 0.0202. The third-order valence-electron chi connectivity index (χ3n) is 9.86. The number of aromatic nitrogens is 4. The van der Waals surface area contributed by atoms with E-state index >= 15 is 0 Å². The Hall–Kier alpha value is -4.38. The first-order chi connectivity index (χ1) is 20.7. The molecule has 0 radical (unpaired) electrons. The molecule has 0 saturated heterocycles. The van der Waals surface area contributed by atoms with Crippen LogP contribution in [0.4, 0.5) is 0 Å². The van der Waals surface area contributed by atoms with E-state index in [1.54, 1.807) is 0 Å². The fourth-order valence-corrected chi connectivity index (χ4v) is 8.92. The highest BCUT2D eigenvalue weighted by Gasteiger charge is 2.48. The van der Waals surface area contributed by atoms with Crippen LogP contribution in [0, 0.1) is 0 Å². The van der Waals surface area contributed by atoms with E-state index in [-0.39, 0.29) is 23.7 Å². The Kier molecular flexibility index (Phi) is 4.49. The Balaban J connectivity index is 1.30. The number of nitrogens with zero attached hydrogens (tertiary/aromatic N) is 4. The predicted octanol–water partition coefficient (Wildman–Crippen LogP) is 8.21. The lowest BCUT2D eigenvalue weighted by Crippen LogP contribution is -2.31. The van der Waals surface area contributed by atoms with Gasteiger partial charge in [0.15, 0.2) is 10.3 Å². The van der Waals surface area contributed by atoms with Gasteiger partial charge in [-0.05, 0) is 44.5 Å². The number of halogens is 2. The molecule has 6 aromatic rings. The van der Waals surface area contributed by atoms with Crippen LogP contribution in [0.15, 0.2) is 97.1 Å². The molecule has 0 spiro atoms. The zero-order chi connectivity index (χ0) is 27.7. The molecule has 42 heavy (non-hydrogen) atoms. The summed E-state index contributed by atoms with van der Waals surface area (Å²) in [6.07, 6.45) is 0. The van der Waals surface area contributed by atoms with Crippen LogP contribution >= 0.6 is 23.2 Å². The molecule has 0 amide bonds. The highest BCUT2D eigenvalue weighted by atomic mass is 35.5. The molecule has 4 aromatic carbocycles. The fourth-order valence-electron chi connectivity index (χ4n) is 8.42. The van der Waals surface area contributed by atoms with Gasteiger partial charge >= 0.3 is 0 Å². The second kappa shape index (κ2) is 8.13. The maximum absolute atomic E-state index is 6.96. The second-order valence-electron chi connectivity index (χ2n) is 11.6. The average Bonchev–Trinajstić information content (AvgIpc) is 3.05. The summed E-state index contributed by atoms with van der Waals surface area (Å²) in [5.74, 6) is -0.107. The number of hydrogen-bond donors (Lipinski definition) is 0. The summed E-state index contributed by atoms with van der Waals surface area (Å²) in [6, 6.07) is 34.7. The van der Waals surface area contributed by atoms with E-state index < -0.39 is 0 Å². The molecule has 4 nitrogen and oxygen atoms in total. The van der Waals surface area contributed by atoms with E-state index in [4.69, 9.17) is 33.4 Å². The molecule has 6 aliphatic rings. The first-order valence-corrected chi connectivity index (χ1v) is 15.0. The van der Waals surface area contributed by atoms with Gasteiger partial charge in [0.25, 0.3) is 0 Å². The minimum atomic E-state index is -0.0334. The zero-order valence-corrected chi connectivity index (χ0v) is 23.6. The molecular weight excluding hydrogens is 559 g/mol. The van der Waals surface area contributed by atoms with Gasteiger partial charge in [-0.2, -0.15) is 0 Å². The van der Waals surface area contributed by atoms with Crippen molar-refractivity contribution in [1.29, 1.82) is 0 Å². The van der Waals surface area contributed by atoms with Gasteiger partial charge in [0.2, 0.25) is 0 Å². The summed E-state index contributed by atoms with van der Waals surface area (Å²) in [6.45, 7) is 0. The summed E-state index contributed by atoms with van der Waals surface area (Å²) >= 11 is 13.9. The van der Waals surface area contributed by atoms with E-state index in [0.717, 1.165) is 33.6 Å². The van der Waals surface area contributed by atoms with Crippen LogP contribution in [0.1, 0.15) is 90.4 Å². The van der Waals surface area contributed by atoms with Crippen LogP contribution in [-0.4, -0.2) is 20.4 Å². The molecule has 0 atom stereocenters. The van der Waals surface area contributed by atoms with Gasteiger partial charge in [-0.25, -0.2) is 0 Å². The monoisotopic (exact) mass is 578 g/mol. The highest BCUT2D eigenvalue weighted by molar-refractivity contribution is 6.31. The van der Waals surface area contributed by atoms with Crippen molar-refractivity contribution in [2.75, 3.05) is 0 Å². The van der Waals surface area contributed by atoms with Gasteiger partial charge in [-0.3, -0.25) is 0 Å². The van der Waals surface area contributed by atoms with E-state index in [1.807, 2.05) is 0 Å². The van der Waals surface area contributed by atoms with Crippen molar-refractivity contribution < 1.29 is 0 Å². The van der Waals surface area contributed by atoms with Gasteiger partial charge in [-0.15, -0.1) is 20.4 Å². The van der Waals surface area contributed by atoms with E-state index in [2.05, 4.69) is 107 Å². The van der Waals surface area contributed by atoms with Crippen LogP contribution in [0.5, 0.6) is 0 Å². The Morgan fingerprint density at radius 1 is 0.333 bits per heavy atom. The zero-order valence-electron chi connectivity index (χ0n) is 22.1. The summed E-state index contributed by atoms with van der Waals surface area (Å²) in [4.78, 5) is 0. The van der Waals surface area contributed by atoms with Crippen LogP contribution in [0.3, 0.4) is 0 Å². The van der Waals surface area contributed by atoms with Gasteiger partial charge in [-0.1, -0.05) is 120 Å². The van der Waals surface area contributed by atoms with Crippen LogP contribution in [-0.2, 0) is 0 Å². The average molecular weight is 579 g/mol. The first-order valence-electron chi connectivity index (χ1n) is 14.2. The Bertz CT molecular complexity index is 1920. The molecule has 12 rings (SSSR count). The molecule has 0 saturated carbocycles. The van der Waals surface area contributed by atoms with Crippen molar-refractivity contribution in [1.82, 2.24) is 20.4 Å². The molecule has 0 unspecified atom stereocenters.